The van der Waals surface area contributed by atoms with Crippen LogP contribution in [0.5, 0.6) is 11.5 Å². The fraction of sp³-hybridized carbons (Fsp3) is 0.235. The molecular weight excluding hydrogens is 393 g/mol. The Bertz CT molecular complexity index is 611. The van der Waals surface area contributed by atoms with Gasteiger partial charge < -0.3 is 14.8 Å². The number of rotatable bonds is 6. The number of halogens is 1. The van der Waals surface area contributed by atoms with Crippen LogP contribution in [0.4, 0.5) is 0 Å². The minimum atomic E-state index is -0.0952. The van der Waals surface area contributed by atoms with E-state index in [2.05, 4.69) is 27.9 Å². The highest BCUT2D eigenvalue weighted by Gasteiger charge is 2.10. The van der Waals surface area contributed by atoms with Gasteiger partial charge in [0.1, 0.15) is 18.1 Å². The smallest absolute Gasteiger partial charge is 0.251 e. The van der Waals surface area contributed by atoms with E-state index >= 15 is 0 Å². The van der Waals surface area contributed by atoms with Gasteiger partial charge in [-0.05, 0) is 78.0 Å². The van der Waals surface area contributed by atoms with Gasteiger partial charge in [0.15, 0.2) is 0 Å². The molecule has 0 aliphatic heterocycles. The summed E-state index contributed by atoms with van der Waals surface area (Å²) in [4.78, 5) is 12.1. The van der Waals surface area contributed by atoms with Gasteiger partial charge >= 0.3 is 0 Å². The number of amides is 1. The van der Waals surface area contributed by atoms with Gasteiger partial charge in [-0.1, -0.05) is 0 Å². The molecule has 116 valence electrons. The van der Waals surface area contributed by atoms with Crippen LogP contribution in [0.2, 0.25) is 0 Å². The first-order valence-electron chi connectivity index (χ1n) is 6.92. The first-order valence-corrected chi connectivity index (χ1v) is 7.99. The zero-order chi connectivity index (χ0) is 15.9. The standard InChI is InChI=1S/C17H18INO3/c1-12(11-22-16-9-7-15(21-2)8-10-16)19-17(20)13-3-5-14(18)6-4-13/h3-10,12H,11H2,1-2H3,(H,19,20)/t12-/m0/s1. The molecule has 0 saturated carbocycles. The van der Waals surface area contributed by atoms with Crippen molar-refractivity contribution < 1.29 is 14.3 Å². The van der Waals surface area contributed by atoms with Gasteiger partial charge in [0, 0.05) is 9.13 Å². The topological polar surface area (TPSA) is 47.6 Å². The summed E-state index contributed by atoms with van der Waals surface area (Å²) in [6.07, 6.45) is 0. The lowest BCUT2D eigenvalue weighted by Crippen LogP contribution is -2.36. The Kier molecular flexibility index (Phi) is 6.06. The molecule has 1 N–H and O–H groups in total. The molecule has 0 aliphatic rings. The quantitative estimate of drug-likeness (QED) is 0.741. The molecule has 0 aromatic heterocycles. The normalized spacial score (nSPS) is 11.6. The van der Waals surface area contributed by atoms with E-state index in [-0.39, 0.29) is 11.9 Å². The lowest BCUT2D eigenvalue weighted by molar-refractivity contribution is 0.0926. The second-order valence-corrected chi connectivity index (χ2v) is 6.11. The second kappa shape index (κ2) is 8.03. The molecule has 0 aliphatic carbocycles. The molecule has 1 atom stereocenters. The van der Waals surface area contributed by atoms with E-state index in [0.717, 1.165) is 15.1 Å². The van der Waals surface area contributed by atoms with Crippen molar-refractivity contribution in [1.82, 2.24) is 5.32 Å². The molecule has 0 heterocycles. The summed E-state index contributed by atoms with van der Waals surface area (Å²) in [5, 5.41) is 2.92. The highest BCUT2D eigenvalue weighted by Crippen LogP contribution is 2.17. The Morgan fingerprint density at radius 1 is 1.09 bits per heavy atom. The van der Waals surface area contributed by atoms with Gasteiger partial charge in [0.2, 0.25) is 0 Å². The zero-order valence-corrected chi connectivity index (χ0v) is 14.7. The molecule has 0 radical (unpaired) electrons. The van der Waals surface area contributed by atoms with E-state index in [1.165, 1.54) is 0 Å². The number of carbonyl (C=O) groups excluding carboxylic acids is 1. The monoisotopic (exact) mass is 411 g/mol. The number of hydrogen-bond donors (Lipinski definition) is 1. The molecule has 22 heavy (non-hydrogen) atoms. The van der Waals surface area contributed by atoms with E-state index in [4.69, 9.17) is 9.47 Å². The number of carbonyl (C=O) groups is 1. The van der Waals surface area contributed by atoms with Crippen LogP contribution in [0.1, 0.15) is 17.3 Å². The summed E-state index contributed by atoms with van der Waals surface area (Å²) in [7, 11) is 1.62. The fourth-order valence-corrected chi connectivity index (χ4v) is 2.20. The van der Waals surface area contributed by atoms with E-state index in [9.17, 15) is 4.79 Å². The highest BCUT2D eigenvalue weighted by atomic mass is 127. The molecule has 5 heteroatoms. The molecule has 0 saturated heterocycles. The molecule has 2 aromatic carbocycles. The van der Waals surface area contributed by atoms with Crippen LogP contribution in [0.15, 0.2) is 48.5 Å². The van der Waals surface area contributed by atoms with Crippen molar-refractivity contribution >= 4 is 28.5 Å². The maximum absolute atomic E-state index is 12.1. The Labute approximate surface area is 144 Å². The number of benzene rings is 2. The predicted octanol–water partition coefficient (Wildman–Crippen LogP) is 3.50. The van der Waals surface area contributed by atoms with Gasteiger partial charge in [0.25, 0.3) is 5.91 Å². The summed E-state index contributed by atoms with van der Waals surface area (Å²) in [6, 6.07) is 14.7. The Balaban J connectivity index is 1.82. The van der Waals surface area contributed by atoms with Crippen LogP contribution < -0.4 is 14.8 Å². The fourth-order valence-electron chi connectivity index (χ4n) is 1.84. The van der Waals surface area contributed by atoms with Gasteiger partial charge in [-0.3, -0.25) is 4.79 Å². The van der Waals surface area contributed by atoms with Crippen LogP contribution in [0, 0.1) is 3.57 Å². The second-order valence-electron chi connectivity index (χ2n) is 4.87. The molecule has 2 aromatic rings. The van der Waals surface area contributed by atoms with Crippen LogP contribution in [0.3, 0.4) is 0 Å². The SMILES string of the molecule is COc1ccc(OC[C@H](C)NC(=O)c2ccc(I)cc2)cc1. The van der Waals surface area contributed by atoms with E-state index in [1.54, 1.807) is 7.11 Å². The highest BCUT2D eigenvalue weighted by molar-refractivity contribution is 14.1. The summed E-state index contributed by atoms with van der Waals surface area (Å²) in [6.45, 7) is 2.32. The van der Waals surface area contributed by atoms with Crippen molar-refractivity contribution in [2.45, 2.75) is 13.0 Å². The number of nitrogens with one attached hydrogen (secondary N) is 1. The summed E-state index contributed by atoms with van der Waals surface area (Å²) in [5.74, 6) is 1.44. The van der Waals surface area contributed by atoms with Crippen molar-refractivity contribution in [3.63, 3.8) is 0 Å². The molecule has 2 rings (SSSR count). The molecular formula is C17H18INO3. The minimum absolute atomic E-state index is 0.0890. The number of methoxy groups -OCH3 is 1. The molecule has 0 unspecified atom stereocenters. The molecule has 1 amide bonds. The predicted molar refractivity (Wildman–Crippen MR) is 94.6 cm³/mol. The van der Waals surface area contributed by atoms with E-state index in [1.807, 2.05) is 55.5 Å². The molecule has 0 bridgehead atoms. The molecule has 0 fully saturated rings. The Morgan fingerprint density at radius 2 is 1.68 bits per heavy atom. The van der Waals surface area contributed by atoms with Crippen LogP contribution in [0.25, 0.3) is 0 Å². The van der Waals surface area contributed by atoms with Crippen molar-refractivity contribution in [3.8, 4) is 11.5 Å². The lowest BCUT2D eigenvalue weighted by atomic mass is 10.2. The number of hydrogen-bond acceptors (Lipinski definition) is 3. The first kappa shape index (κ1) is 16.6. The zero-order valence-electron chi connectivity index (χ0n) is 12.5. The maximum Gasteiger partial charge on any atom is 0.251 e. The minimum Gasteiger partial charge on any atom is -0.497 e. The first-order chi connectivity index (χ1) is 10.6. The third-order valence-corrected chi connectivity index (χ3v) is 3.76. The van der Waals surface area contributed by atoms with Gasteiger partial charge in [0.05, 0.1) is 13.2 Å². The summed E-state index contributed by atoms with van der Waals surface area (Å²) < 4.78 is 11.8. The van der Waals surface area contributed by atoms with Crippen LogP contribution in [-0.4, -0.2) is 25.7 Å². The number of ether oxygens (including phenoxy) is 2. The van der Waals surface area contributed by atoms with Crippen LogP contribution >= 0.6 is 22.6 Å². The van der Waals surface area contributed by atoms with Gasteiger partial charge in [-0.15, -0.1) is 0 Å². The Hall–Kier alpha value is -1.76. The third-order valence-electron chi connectivity index (χ3n) is 3.04. The van der Waals surface area contributed by atoms with E-state index < -0.39 is 0 Å². The largest absolute Gasteiger partial charge is 0.497 e. The van der Waals surface area contributed by atoms with Crippen molar-refractivity contribution in [2.24, 2.45) is 0 Å². The van der Waals surface area contributed by atoms with Crippen molar-refractivity contribution in [2.75, 3.05) is 13.7 Å². The summed E-state index contributed by atoms with van der Waals surface area (Å²) in [5.41, 5.74) is 0.650. The Morgan fingerprint density at radius 3 is 2.27 bits per heavy atom. The molecule has 4 nitrogen and oxygen atoms in total. The molecule has 0 spiro atoms. The maximum atomic E-state index is 12.1. The van der Waals surface area contributed by atoms with Gasteiger partial charge in [-0.25, -0.2) is 0 Å². The van der Waals surface area contributed by atoms with Crippen molar-refractivity contribution in [3.05, 3.63) is 57.7 Å². The summed E-state index contributed by atoms with van der Waals surface area (Å²) >= 11 is 2.21. The average molecular weight is 411 g/mol. The lowest BCUT2D eigenvalue weighted by Gasteiger charge is -2.15. The van der Waals surface area contributed by atoms with E-state index in [0.29, 0.717) is 12.2 Å². The average Bonchev–Trinajstić information content (AvgIpc) is 2.54. The van der Waals surface area contributed by atoms with Gasteiger partial charge in [-0.2, -0.15) is 0 Å². The third kappa shape index (κ3) is 4.91. The van der Waals surface area contributed by atoms with Crippen LogP contribution in [-0.2, 0) is 0 Å². The van der Waals surface area contributed by atoms with Crippen molar-refractivity contribution in [1.29, 1.82) is 0 Å².